The molecule has 0 bridgehead atoms. The van der Waals surface area contributed by atoms with E-state index in [0.29, 0.717) is 0 Å². The Labute approximate surface area is 184 Å². The molecule has 0 aliphatic rings. The summed E-state index contributed by atoms with van der Waals surface area (Å²) in [6.45, 7) is 2.21. The van der Waals surface area contributed by atoms with Crippen LogP contribution in [-0.4, -0.2) is 4.40 Å². The molecule has 0 aliphatic heterocycles. The second kappa shape index (κ2) is 6.21. The number of aryl methyl sites for hydroxylation is 2. The highest BCUT2D eigenvalue weighted by Gasteiger charge is 2.26. The number of imidazole rings is 1. The van der Waals surface area contributed by atoms with Crippen LogP contribution in [0.1, 0.15) is 5.56 Å². The highest BCUT2D eigenvalue weighted by molar-refractivity contribution is 6.25. The van der Waals surface area contributed by atoms with Gasteiger partial charge in [-0.15, -0.1) is 0 Å². The lowest BCUT2D eigenvalue weighted by Gasteiger charge is -2.13. The number of hydrogen-bond acceptors (Lipinski definition) is 1. The van der Waals surface area contributed by atoms with Crippen molar-refractivity contribution in [2.75, 3.05) is 0 Å². The van der Waals surface area contributed by atoms with Gasteiger partial charge in [0, 0.05) is 0 Å². The highest BCUT2D eigenvalue weighted by Crippen LogP contribution is 2.38. The third-order valence-electron chi connectivity index (χ3n) is 6.72. The van der Waals surface area contributed by atoms with E-state index in [1.54, 1.807) is 0 Å². The molecule has 0 aliphatic carbocycles. The SMILES string of the molecule is Cc1cc2c3ccccc3c3ccccc3c2cc1-c1n2c(c[n+]1C)oc1ccccc12. The molecule has 3 heteroatoms. The van der Waals surface area contributed by atoms with Gasteiger partial charge < -0.3 is 4.42 Å². The Bertz CT molecular complexity index is 1850. The molecule has 0 radical (unpaired) electrons. The maximum atomic E-state index is 6.13. The predicted octanol–water partition coefficient (Wildman–Crippen LogP) is 6.95. The molecule has 0 saturated carbocycles. The Kier molecular flexibility index (Phi) is 3.41. The first kappa shape index (κ1) is 17.6. The molecule has 3 nitrogen and oxygen atoms in total. The van der Waals surface area contributed by atoms with Crippen LogP contribution in [0.25, 0.3) is 60.5 Å². The van der Waals surface area contributed by atoms with Crippen molar-refractivity contribution in [3.63, 3.8) is 0 Å². The summed E-state index contributed by atoms with van der Waals surface area (Å²) in [5, 5.41) is 7.77. The van der Waals surface area contributed by atoms with Gasteiger partial charge in [-0.2, -0.15) is 4.40 Å². The van der Waals surface area contributed by atoms with E-state index in [9.17, 15) is 0 Å². The molecule has 7 aromatic rings. The van der Waals surface area contributed by atoms with Crippen LogP contribution in [0.4, 0.5) is 0 Å². The fourth-order valence-corrected chi connectivity index (χ4v) is 5.30. The number of nitrogens with zero attached hydrogens (tertiary/aromatic N) is 2. The Morgan fingerprint density at radius 2 is 1.25 bits per heavy atom. The zero-order valence-electron chi connectivity index (χ0n) is 18.0. The van der Waals surface area contributed by atoms with Crippen LogP contribution in [0.15, 0.2) is 95.5 Å². The monoisotopic (exact) mass is 413 g/mol. The lowest BCUT2D eigenvalue weighted by Crippen LogP contribution is -2.28. The molecule has 0 spiro atoms. The summed E-state index contributed by atoms with van der Waals surface area (Å²) in [7, 11) is 2.09. The van der Waals surface area contributed by atoms with Gasteiger partial charge in [-0.3, -0.25) is 0 Å². The second-order valence-electron chi connectivity index (χ2n) is 8.61. The molecular formula is C29H21N2O+. The molecule has 5 aromatic carbocycles. The molecule has 2 heterocycles. The fraction of sp³-hybridized carbons (Fsp3) is 0.0690. The minimum absolute atomic E-state index is 0.853. The minimum atomic E-state index is 0.853. The highest BCUT2D eigenvalue weighted by atomic mass is 16.3. The van der Waals surface area contributed by atoms with E-state index >= 15 is 0 Å². The lowest BCUT2D eigenvalue weighted by molar-refractivity contribution is -0.658. The number of benzene rings is 5. The zero-order valence-corrected chi connectivity index (χ0v) is 18.0. The van der Waals surface area contributed by atoms with E-state index in [0.717, 1.165) is 22.6 Å². The summed E-state index contributed by atoms with van der Waals surface area (Å²) < 4.78 is 10.5. The molecule has 32 heavy (non-hydrogen) atoms. The van der Waals surface area contributed by atoms with E-state index in [-0.39, 0.29) is 0 Å². The van der Waals surface area contributed by atoms with Gasteiger partial charge in [0.15, 0.2) is 17.3 Å². The normalized spacial score (nSPS) is 12.1. The van der Waals surface area contributed by atoms with Crippen LogP contribution in [0.3, 0.4) is 0 Å². The number of rotatable bonds is 1. The van der Waals surface area contributed by atoms with Gasteiger partial charge in [-0.1, -0.05) is 60.7 Å². The smallest absolute Gasteiger partial charge is 0.336 e. The van der Waals surface area contributed by atoms with E-state index in [1.807, 2.05) is 12.1 Å². The van der Waals surface area contributed by atoms with Crippen LogP contribution in [-0.2, 0) is 7.05 Å². The number of aromatic nitrogens is 2. The van der Waals surface area contributed by atoms with Crippen LogP contribution in [0.5, 0.6) is 0 Å². The van der Waals surface area contributed by atoms with Crippen molar-refractivity contribution in [2.24, 2.45) is 7.05 Å². The van der Waals surface area contributed by atoms with Crippen molar-refractivity contribution in [3.05, 3.63) is 96.7 Å². The van der Waals surface area contributed by atoms with Crippen LogP contribution < -0.4 is 4.57 Å². The van der Waals surface area contributed by atoms with Gasteiger partial charge in [-0.25, -0.2) is 4.57 Å². The van der Waals surface area contributed by atoms with Crippen LogP contribution in [0.2, 0.25) is 0 Å². The minimum Gasteiger partial charge on any atom is -0.416 e. The van der Waals surface area contributed by atoms with Crippen molar-refractivity contribution in [1.82, 2.24) is 4.40 Å². The molecule has 7 rings (SSSR count). The average molecular weight is 414 g/mol. The second-order valence-corrected chi connectivity index (χ2v) is 8.61. The standard InChI is InChI=1S/C29H21N2O/c1-18-15-24-21-11-5-3-9-19(21)20-10-4-6-12-22(20)25(24)16-23(18)29-30(2)17-28-31(29)26-13-7-8-14-27(26)32-28/h3-17H,1-2H3/q+1. The van der Waals surface area contributed by atoms with E-state index in [1.165, 1.54) is 43.4 Å². The van der Waals surface area contributed by atoms with E-state index in [2.05, 4.69) is 102 Å². The van der Waals surface area contributed by atoms with Gasteiger partial charge in [-0.05, 0) is 69.1 Å². The fourth-order valence-electron chi connectivity index (χ4n) is 5.30. The third-order valence-corrected chi connectivity index (χ3v) is 6.72. The Morgan fingerprint density at radius 3 is 1.94 bits per heavy atom. The molecule has 0 fully saturated rings. The first-order valence-electron chi connectivity index (χ1n) is 10.9. The van der Waals surface area contributed by atoms with E-state index in [4.69, 9.17) is 4.42 Å². The lowest BCUT2D eigenvalue weighted by atomic mass is 9.91. The summed E-state index contributed by atoms with van der Waals surface area (Å²) in [6, 6.07) is 30.4. The summed E-state index contributed by atoms with van der Waals surface area (Å²) in [5.41, 5.74) is 5.30. The van der Waals surface area contributed by atoms with E-state index < -0.39 is 0 Å². The topological polar surface area (TPSA) is 21.4 Å². The molecule has 152 valence electrons. The molecule has 0 amide bonds. The third kappa shape index (κ3) is 2.23. The Balaban J connectivity index is 1.66. The van der Waals surface area contributed by atoms with Crippen molar-refractivity contribution in [1.29, 1.82) is 0 Å². The zero-order chi connectivity index (χ0) is 21.4. The maximum Gasteiger partial charge on any atom is 0.336 e. The summed E-state index contributed by atoms with van der Waals surface area (Å²) in [5.74, 6) is 1.13. The Morgan fingerprint density at radius 1 is 0.688 bits per heavy atom. The summed E-state index contributed by atoms with van der Waals surface area (Å²) in [6.07, 6.45) is 2.07. The number of para-hydroxylation sites is 2. The predicted molar refractivity (Wildman–Crippen MR) is 131 cm³/mol. The Hall–Kier alpha value is -4.11. The van der Waals surface area contributed by atoms with Gasteiger partial charge >= 0.3 is 5.71 Å². The quantitative estimate of drug-likeness (QED) is 0.211. The van der Waals surface area contributed by atoms with Gasteiger partial charge in [0.25, 0.3) is 5.82 Å². The molecule has 0 atom stereocenters. The van der Waals surface area contributed by atoms with Crippen molar-refractivity contribution in [2.45, 2.75) is 6.92 Å². The maximum absolute atomic E-state index is 6.13. The first-order chi connectivity index (χ1) is 15.7. The summed E-state index contributed by atoms with van der Waals surface area (Å²) in [4.78, 5) is 0. The van der Waals surface area contributed by atoms with Crippen molar-refractivity contribution in [3.8, 4) is 11.4 Å². The molecule has 0 N–H and O–H groups in total. The summed E-state index contributed by atoms with van der Waals surface area (Å²) >= 11 is 0. The number of fused-ring (bicyclic) bond motifs is 9. The van der Waals surface area contributed by atoms with Gasteiger partial charge in [0.05, 0.1) is 12.6 Å². The van der Waals surface area contributed by atoms with Crippen molar-refractivity contribution >= 4 is 49.1 Å². The van der Waals surface area contributed by atoms with Crippen LogP contribution >= 0.6 is 0 Å². The first-order valence-corrected chi connectivity index (χ1v) is 10.9. The average Bonchev–Trinajstić information content (AvgIpc) is 3.33. The molecular weight excluding hydrogens is 392 g/mol. The molecule has 0 saturated heterocycles. The van der Waals surface area contributed by atoms with Crippen LogP contribution in [0, 0.1) is 6.92 Å². The largest absolute Gasteiger partial charge is 0.416 e. The molecule has 2 aromatic heterocycles. The van der Waals surface area contributed by atoms with Crippen molar-refractivity contribution < 1.29 is 8.98 Å². The number of oxazole rings is 1. The van der Waals surface area contributed by atoms with Gasteiger partial charge in [0.2, 0.25) is 0 Å². The van der Waals surface area contributed by atoms with Gasteiger partial charge in [0.1, 0.15) is 0 Å². The number of hydrogen-bond donors (Lipinski definition) is 0. The molecule has 0 unspecified atom stereocenters.